The summed E-state index contributed by atoms with van der Waals surface area (Å²) in [6, 6.07) is 6.17. The van der Waals surface area contributed by atoms with E-state index in [-0.39, 0.29) is 5.78 Å². The Morgan fingerprint density at radius 1 is 1.16 bits per heavy atom. The molecule has 102 valence electrons. The van der Waals surface area contributed by atoms with E-state index in [0.29, 0.717) is 0 Å². The fraction of sp³-hybridized carbons (Fsp3) is 0.562. The van der Waals surface area contributed by atoms with Crippen LogP contribution >= 0.6 is 0 Å². The number of hydrogen-bond donors (Lipinski definition) is 0. The molecule has 19 heavy (non-hydrogen) atoms. The smallest absolute Gasteiger partial charge is 0.159 e. The van der Waals surface area contributed by atoms with Gasteiger partial charge >= 0.3 is 0 Å². The molecule has 0 radical (unpaired) electrons. The third kappa shape index (κ3) is 2.66. The topological polar surface area (TPSA) is 23.6 Å². The van der Waals surface area contributed by atoms with E-state index >= 15 is 0 Å². The van der Waals surface area contributed by atoms with Crippen molar-refractivity contribution in [2.24, 2.45) is 0 Å². The lowest BCUT2D eigenvalue weighted by Gasteiger charge is -2.23. The number of Topliss-reactive ketones (excluding diaryl/α,β-unsaturated/α-hetero) is 1. The van der Waals surface area contributed by atoms with Gasteiger partial charge in [-0.3, -0.25) is 4.79 Å². The van der Waals surface area contributed by atoms with Crippen LogP contribution in [0.2, 0.25) is 0 Å². The molecule has 1 fully saturated rings. The van der Waals surface area contributed by atoms with Crippen LogP contribution in [0.5, 0.6) is 0 Å². The number of anilines is 1. The third-order valence-electron chi connectivity index (χ3n) is 4.36. The number of hydrogen-bond acceptors (Lipinski definition) is 3. The Kier molecular flexibility index (Phi) is 3.56. The maximum absolute atomic E-state index is 11.4. The summed E-state index contributed by atoms with van der Waals surface area (Å²) >= 11 is 0. The van der Waals surface area contributed by atoms with Crippen molar-refractivity contribution in [3.8, 4) is 0 Å². The summed E-state index contributed by atoms with van der Waals surface area (Å²) in [7, 11) is 0. The first kappa shape index (κ1) is 12.7. The molecule has 1 saturated heterocycles. The van der Waals surface area contributed by atoms with Crippen LogP contribution in [0.15, 0.2) is 18.2 Å². The second-order valence-corrected chi connectivity index (χ2v) is 5.69. The van der Waals surface area contributed by atoms with Crippen molar-refractivity contribution < 1.29 is 4.79 Å². The molecule has 0 spiro atoms. The molecule has 3 rings (SSSR count). The van der Waals surface area contributed by atoms with Gasteiger partial charge in [-0.05, 0) is 63.0 Å². The highest BCUT2D eigenvalue weighted by atomic mass is 16.1. The fourth-order valence-electron chi connectivity index (χ4n) is 3.19. The first-order valence-corrected chi connectivity index (χ1v) is 7.35. The molecule has 1 aromatic rings. The number of nitrogens with zero attached hydrogens (tertiary/aromatic N) is 2. The average molecular weight is 258 g/mol. The van der Waals surface area contributed by atoms with Crippen LogP contribution in [0.3, 0.4) is 0 Å². The van der Waals surface area contributed by atoms with E-state index in [4.69, 9.17) is 0 Å². The predicted molar refractivity (Wildman–Crippen MR) is 78.0 cm³/mol. The first-order chi connectivity index (χ1) is 9.24. The molecule has 3 nitrogen and oxygen atoms in total. The Morgan fingerprint density at radius 2 is 1.95 bits per heavy atom. The van der Waals surface area contributed by atoms with Crippen molar-refractivity contribution in [1.29, 1.82) is 0 Å². The summed E-state index contributed by atoms with van der Waals surface area (Å²) in [6.07, 6.45) is 3.80. The molecule has 0 amide bonds. The highest BCUT2D eigenvalue weighted by Crippen LogP contribution is 2.28. The summed E-state index contributed by atoms with van der Waals surface area (Å²) in [4.78, 5) is 16.4. The van der Waals surface area contributed by atoms with Gasteiger partial charge in [-0.1, -0.05) is 0 Å². The third-order valence-corrected chi connectivity index (χ3v) is 4.36. The zero-order chi connectivity index (χ0) is 13.2. The molecule has 0 unspecified atom stereocenters. The van der Waals surface area contributed by atoms with Crippen LogP contribution in [0.1, 0.15) is 35.7 Å². The van der Waals surface area contributed by atoms with Crippen molar-refractivity contribution in [2.45, 2.75) is 26.2 Å². The monoisotopic (exact) mass is 258 g/mol. The van der Waals surface area contributed by atoms with E-state index in [1.165, 1.54) is 43.7 Å². The van der Waals surface area contributed by atoms with Gasteiger partial charge in [-0.25, -0.2) is 0 Å². The normalized spacial score (nSPS) is 18.9. The van der Waals surface area contributed by atoms with E-state index in [9.17, 15) is 4.79 Å². The summed E-state index contributed by atoms with van der Waals surface area (Å²) in [5.41, 5.74) is 3.53. The van der Waals surface area contributed by atoms with E-state index in [1.54, 1.807) is 6.92 Å². The number of likely N-dealkylation sites (tertiary alicyclic amines) is 1. The molecular weight excluding hydrogens is 236 g/mol. The number of benzene rings is 1. The van der Waals surface area contributed by atoms with Crippen LogP contribution in [-0.2, 0) is 6.42 Å². The van der Waals surface area contributed by atoms with Crippen LogP contribution in [0.4, 0.5) is 5.69 Å². The molecule has 1 aromatic carbocycles. The van der Waals surface area contributed by atoms with Gasteiger partial charge in [0.25, 0.3) is 0 Å². The number of carbonyl (C=O) groups excluding carboxylic acids is 1. The molecular formula is C16H22N2O. The van der Waals surface area contributed by atoms with E-state index in [2.05, 4.69) is 21.9 Å². The van der Waals surface area contributed by atoms with Gasteiger partial charge in [0, 0.05) is 30.9 Å². The van der Waals surface area contributed by atoms with Crippen molar-refractivity contribution in [3.05, 3.63) is 29.3 Å². The van der Waals surface area contributed by atoms with Crippen LogP contribution in [-0.4, -0.2) is 43.4 Å². The number of rotatable bonds is 4. The van der Waals surface area contributed by atoms with Crippen molar-refractivity contribution in [3.63, 3.8) is 0 Å². The molecule has 0 N–H and O–H groups in total. The molecule has 0 aliphatic carbocycles. The second-order valence-electron chi connectivity index (χ2n) is 5.69. The quantitative estimate of drug-likeness (QED) is 0.775. The fourth-order valence-corrected chi connectivity index (χ4v) is 3.19. The standard InChI is InChI=1S/C16H22N2O/c1-13(19)14-4-5-16-15(12-14)6-9-18(16)11-10-17-7-2-3-8-17/h4-5,12H,2-3,6-11H2,1H3. The maximum atomic E-state index is 11.4. The zero-order valence-corrected chi connectivity index (χ0v) is 11.7. The lowest BCUT2D eigenvalue weighted by molar-refractivity contribution is 0.101. The van der Waals surface area contributed by atoms with Gasteiger partial charge in [0.1, 0.15) is 0 Å². The first-order valence-electron chi connectivity index (χ1n) is 7.35. The molecule has 0 saturated carbocycles. The summed E-state index contributed by atoms with van der Waals surface area (Å²) in [5, 5.41) is 0. The largest absolute Gasteiger partial charge is 0.370 e. The molecule has 3 heteroatoms. The van der Waals surface area contributed by atoms with Crippen LogP contribution in [0, 0.1) is 0 Å². The van der Waals surface area contributed by atoms with Crippen LogP contribution in [0.25, 0.3) is 0 Å². The van der Waals surface area contributed by atoms with E-state index < -0.39 is 0 Å². The Bertz CT molecular complexity index is 478. The molecule has 0 atom stereocenters. The summed E-state index contributed by atoms with van der Waals surface area (Å²) in [5.74, 6) is 0.165. The maximum Gasteiger partial charge on any atom is 0.159 e. The minimum absolute atomic E-state index is 0.165. The number of fused-ring (bicyclic) bond motifs is 1. The van der Waals surface area contributed by atoms with Crippen molar-refractivity contribution >= 4 is 11.5 Å². The van der Waals surface area contributed by atoms with Crippen LogP contribution < -0.4 is 4.90 Å². The lowest BCUT2D eigenvalue weighted by Crippen LogP contribution is -2.32. The molecule has 2 aliphatic heterocycles. The summed E-state index contributed by atoms with van der Waals surface area (Å²) < 4.78 is 0. The van der Waals surface area contributed by atoms with E-state index in [0.717, 1.165) is 25.1 Å². The predicted octanol–water partition coefficient (Wildman–Crippen LogP) is 2.35. The van der Waals surface area contributed by atoms with Gasteiger partial charge in [-0.2, -0.15) is 0 Å². The SMILES string of the molecule is CC(=O)c1ccc2c(c1)CCN2CCN1CCCC1. The Hall–Kier alpha value is -1.35. The Morgan fingerprint density at radius 3 is 2.68 bits per heavy atom. The molecule has 2 heterocycles. The van der Waals surface area contributed by atoms with E-state index in [1.807, 2.05) is 6.07 Å². The van der Waals surface area contributed by atoms with Gasteiger partial charge in [0.15, 0.2) is 5.78 Å². The highest BCUT2D eigenvalue weighted by Gasteiger charge is 2.21. The van der Waals surface area contributed by atoms with Crippen molar-refractivity contribution in [2.75, 3.05) is 37.6 Å². The number of ketones is 1. The van der Waals surface area contributed by atoms with Gasteiger partial charge in [0.05, 0.1) is 0 Å². The van der Waals surface area contributed by atoms with Gasteiger partial charge in [-0.15, -0.1) is 0 Å². The molecule has 0 bridgehead atoms. The summed E-state index contributed by atoms with van der Waals surface area (Å²) in [6.45, 7) is 7.57. The molecule has 2 aliphatic rings. The molecule has 0 aromatic heterocycles. The van der Waals surface area contributed by atoms with Gasteiger partial charge < -0.3 is 9.80 Å². The second kappa shape index (κ2) is 5.33. The lowest BCUT2D eigenvalue weighted by atomic mass is 10.1. The van der Waals surface area contributed by atoms with Gasteiger partial charge in [0.2, 0.25) is 0 Å². The van der Waals surface area contributed by atoms with Crippen molar-refractivity contribution in [1.82, 2.24) is 4.90 Å². The Balaban J connectivity index is 1.66. The average Bonchev–Trinajstić information content (AvgIpc) is 3.05. The zero-order valence-electron chi connectivity index (χ0n) is 11.7. The minimum atomic E-state index is 0.165. The Labute approximate surface area is 115 Å². The number of carbonyl (C=O) groups is 1. The highest BCUT2D eigenvalue weighted by molar-refractivity contribution is 5.94. The minimum Gasteiger partial charge on any atom is -0.370 e.